The number of Topliss-reactive ketones (excluding diaryl/α,β-unsaturated/α-hetero) is 1. The van der Waals surface area contributed by atoms with Crippen molar-refractivity contribution >= 4 is 5.78 Å². The number of carbonyl (C=O) groups is 1. The second-order valence-electron chi connectivity index (χ2n) is 3.83. The van der Waals surface area contributed by atoms with Gasteiger partial charge in [0.05, 0.1) is 11.1 Å². The van der Waals surface area contributed by atoms with Crippen LogP contribution < -0.4 is 0 Å². The van der Waals surface area contributed by atoms with E-state index >= 15 is 0 Å². The van der Waals surface area contributed by atoms with Crippen LogP contribution in [0.4, 0.5) is 17.6 Å². The Bertz CT molecular complexity index is 432. The van der Waals surface area contributed by atoms with Gasteiger partial charge in [0.2, 0.25) is 0 Å². The maximum atomic E-state index is 13.3. The molecule has 1 aromatic carbocycles. The van der Waals surface area contributed by atoms with Crippen molar-refractivity contribution in [3.63, 3.8) is 0 Å². The lowest BCUT2D eigenvalue weighted by molar-refractivity contribution is -0.137. The Kier molecular flexibility index (Phi) is 2.48. The van der Waals surface area contributed by atoms with Gasteiger partial charge >= 0.3 is 6.18 Å². The summed E-state index contributed by atoms with van der Waals surface area (Å²) >= 11 is 0. The van der Waals surface area contributed by atoms with Gasteiger partial charge in [-0.05, 0) is 31.0 Å². The molecular formula is C11H8F4O. The Labute approximate surface area is 89.1 Å². The molecule has 2 rings (SSSR count). The Morgan fingerprint density at radius 1 is 1.25 bits per heavy atom. The number of rotatable bonds is 2. The van der Waals surface area contributed by atoms with Gasteiger partial charge in [0.1, 0.15) is 5.82 Å². The van der Waals surface area contributed by atoms with Crippen molar-refractivity contribution in [3.8, 4) is 0 Å². The van der Waals surface area contributed by atoms with Crippen molar-refractivity contribution in [2.75, 3.05) is 0 Å². The topological polar surface area (TPSA) is 17.1 Å². The van der Waals surface area contributed by atoms with Crippen LogP contribution in [0.3, 0.4) is 0 Å². The molecule has 1 aliphatic carbocycles. The standard InChI is InChI=1S/C11H8F4O/c12-9-5-7(11(13,14)15)3-4-8(9)10(16)6-1-2-6/h3-6H,1-2H2. The first kappa shape index (κ1) is 11.1. The van der Waals surface area contributed by atoms with E-state index in [1.54, 1.807) is 0 Å². The van der Waals surface area contributed by atoms with Crippen LogP contribution in [0.15, 0.2) is 18.2 Å². The molecule has 0 unspecified atom stereocenters. The molecule has 0 radical (unpaired) electrons. The lowest BCUT2D eigenvalue weighted by Gasteiger charge is -2.08. The molecule has 0 aliphatic heterocycles. The molecule has 0 spiro atoms. The van der Waals surface area contributed by atoms with Crippen molar-refractivity contribution in [2.24, 2.45) is 5.92 Å². The maximum absolute atomic E-state index is 13.3. The van der Waals surface area contributed by atoms with Gasteiger partial charge in [0.15, 0.2) is 5.78 Å². The van der Waals surface area contributed by atoms with Crippen LogP contribution in [0.1, 0.15) is 28.8 Å². The minimum absolute atomic E-state index is 0.203. The highest BCUT2D eigenvalue weighted by molar-refractivity contribution is 5.99. The van der Waals surface area contributed by atoms with Crippen molar-refractivity contribution in [2.45, 2.75) is 19.0 Å². The van der Waals surface area contributed by atoms with E-state index in [9.17, 15) is 22.4 Å². The van der Waals surface area contributed by atoms with E-state index < -0.39 is 23.3 Å². The molecule has 0 N–H and O–H groups in total. The second kappa shape index (κ2) is 3.57. The van der Waals surface area contributed by atoms with Crippen LogP contribution in [0.2, 0.25) is 0 Å². The molecule has 0 saturated heterocycles. The zero-order valence-corrected chi connectivity index (χ0v) is 8.14. The van der Waals surface area contributed by atoms with E-state index in [1.165, 1.54) is 0 Å². The highest BCUT2D eigenvalue weighted by Crippen LogP contribution is 2.35. The average molecular weight is 232 g/mol. The van der Waals surface area contributed by atoms with Crippen LogP contribution in [0.25, 0.3) is 0 Å². The van der Waals surface area contributed by atoms with E-state index in [2.05, 4.69) is 0 Å². The summed E-state index contributed by atoms with van der Waals surface area (Å²) < 4.78 is 50.0. The molecular weight excluding hydrogens is 224 g/mol. The number of halogens is 4. The van der Waals surface area contributed by atoms with E-state index in [4.69, 9.17) is 0 Å². The third kappa shape index (κ3) is 2.08. The van der Waals surface area contributed by atoms with Crippen molar-refractivity contribution < 1.29 is 22.4 Å². The van der Waals surface area contributed by atoms with E-state index in [0.717, 1.165) is 12.1 Å². The first-order chi connectivity index (χ1) is 7.39. The predicted molar refractivity (Wildman–Crippen MR) is 48.5 cm³/mol. The molecule has 1 aromatic rings. The van der Waals surface area contributed by atoms with Gasteiger partial charge < -0.3 is 0 Å². The minimum atomic E-state index is -4.58. The number of hydrogen-bond donors (Lipinski definition) is 0. The lowest BCUT2D eigenvalue weighted by atomic mass is 10.0. The number of carbonyl (C=O) groups excluding carboxylic acids is 1. The van der Waals surface area contributed by atoms with Gasteiger partial charge in [0, 0.05) is 5.92 Å². The molecule has 5 heteroatoms. The fourth-order valence-electron chi connectivity index (χ4n) is 1.46. The highest BCUT2D eigenvalue weighted by Gasteiger charge is 2.34. The summed E-state index contributed by atoms with van der Waals surface area (Å²) in [5.74, 6) is -1.69. The number of benzene rings is 1. The molecule has 1 saturated carbocycles. The van der Waals surface area contributed by atoms with Crippen molar-refractivity contribution in [1.29, 1.82) is 0 Å². The first-order valence-corrected chi connectivity index (χ1v) is 4.80. The summed E-state index contributed by atoms with van der Waals surface area (Å²) in [6.07, 6.45) is -3.19. The fraction of sp³-hybridized carbons (Fsp3) is 0.364. The van der Waals surface area contributed by atoms with Crippen molar-refractivity contribution in [3.05, 3.63) is 35.1 Å². The lowest BCUT2D eigenvalue weighted by Crippen LogP contribution is -2.09. The monoisotopic (exact) mass is 232 g/mol. The molecule has 16 heavy (non-hydrogen) atoms. The minimum Gasteiger partial charge on any atom is -0.294 e. The normalized spacial score (nSPS) is 16.2. The first-order valence-electron chi connectivity index (χ1n) is 4.80. The highest BCUT2D eigenvalue weighted by atomic mass is 19.4. The van der Waals surface area contributed by atoms with Crippen LogP contribution in [-0.4, -0.2) is 5.78 Å². The van der Waals surface area contributed by atoms with Crippen LogP contribution in [0.5, 0.6) is 0 Å². The summed E-state index contributed by atoms with van der Waals surface area (Å²) in [7, 11) is 0. The van der Waals surface area contributed by atoms with Gasteiger partial charge in [-0.2, -0.15) is 13.2 Å². The zero-order valence-electron chi connectivity index (χ0n) is 8.14. The quantitative estimate of drug-likeness (QED) is 0.564. The summed E-state index contributed by atoms with van der Waals surface area (Å²) in [5, 5.41) is 0. The summed E-state index contributed by atoms with van der Waals surface area (Å²) in [5.41, 5.74) is -1.31. The molecule has 1 nitrogen and oxygen atoms in total. The third-order valence-corrected chi connectivity index (χ3v) is 2.51. The Morgan fingerprint density at radius 3 is 2.31 bits per heavy atom. The number of ketones is 1. The molecule has 0 atom stereocenters. The maximum Gasteiger partial charge on any atom is 0.416 e. The van der Waals surface area contributed by atoms with E-state index in [-0.39, 0.29) is 11.5 Å². The average Bonchev–Trinajstić information content (AvgIpc) is 2.98. The zero-order chi connectivity index (χ0) is 11.9. The summed E-state index contributed by atoms with van der Waals surface area (Å²) in [6.45, 7) is 0. The summed E-state index contributed by atoms with van der Waals surface area (Å²) in [6, 6.07) is 2.02. The number of alkyl halides is 3. The molecule has 0 bridgehead atoms. The van der Waals surface area contributed by atoms with Gasteiger partial charge in [0.25, 0.3) is 0 Å². The predicted octanol–water partition coefficient (Wildman–Crippen LogP) is 3.44. The Hall–Kier alpha value is -1.39. The second-order valence-corrected chi connectivity index (χ2v) is 3.83. The Balaban J connectivity index is 2.33. The van der Waals surface area contributed by atoms with Crippen LogP contribution in [-0.2, 0) is 6.18 Å². The fourth-order valence-corrected chi connectivity index (χ4v) is 1.46. The van der Waals surface area contributed by atoms with Gasteiger partial charge in [-0.3, -0.25) is 4.79 Å². The molecule has 0 aromatic heterocycles. The number of hydrogen-bond acceptors (Lipinski definition) is 1. The molecule has 86 valence electrons. The van der Waals surface area contributed by atoms with Crippen molar-refractivity contribution in [1.82, 2.24) is 0 Å². The molecule has 1 fully saturated rings. The van der Waals surface area contributed by atoms with E-state index in [1.807, 2.05) is 0 Å². The van der Waals surface area contributed by atoms with Gasteiger partial charge in [-0.1, -0.05) is 0 Å². The van der Waals surface area contributed by atoms with Crippen LogP contribution >= 0.6 is 0 Å². The largest absolute Gasteiger partial charge is 0.416 e. The summed E-state index contributed by atoms with van der Waals surface area (Å²) in [4.78, 5) is 11.5. The van der Waals surface area contributed by atoms with E-state index in [0.29, 0.717) is 18.9 Å². The molecule has 1 aliphatic rings. The van der Waals surface area contributed by atoms with Gasteiger partial charge in [-0.25, -0.2) is 4.39 Å². The smallest absolute Gasteiger partial charge is 0.294 e. The van der Waals surface area contributed by atoms with Gasteiger partial charge in [-0.15, -0.1) is 0 Å². The molecule has 0 heterocycles. The third-order valence-electron chi connectivity index (χ3n) is 2.51. The Morgan fingerprint density at radius 2 is 1.88 bits per heavy atom. The molecule has 0 amide bonds. The SMILES string of the molecule is O=C(c1ccc(C(F)(F)F)cc1F)C1CC1. The van der Waals surface area contributed by atoms with Crippen LogP contribution in [0, 0.1) is 11.7 Å².